The molecule has 1 unspecified atom stereocenters. The van der Waals surface area contributed by atoms with Gasteiger partial charge in [0, 0.05) is 24.9 Å². The van der Waals surface area contributed by atoms with Gasteiger partial charge in [-0.1, -0.05) is 0 Å². The summed E-state index contributed by atoms with van der Waals surface area (Å²) in [4.78, 5) is 0. The van der Waals surface area contributed by atoms with Crippen LogP contribution in [0.4, 0.5) is 0 Å². The highest BCUT2D eigenvalue weighted by atomic mass is 32.2. The van der Waals surface area contributed by atoms with Crippen LogP contribution in [0.1, 0.15) is 31.2 Å². The molecular weight excluding hydrogens is 218 g/mol. The maximum absolute atomic E-state index is 4.35. The van der Waals surface area contributed by atoms with Crippen molar-refractivity contribution in [2.45, 2.75) is 38.0 Å². The molecule has 1 aromatic rings. The predicted molar refractivity (Wildman–Crippen MR) is 69.7 cm³/mol. The first-order valence-electron chi connectivity index (χ1n) is 5.93. The van der Waals surface area contributed by atoms with E-state index in [4.69, 9.17) is 0 Å². The standard InChI is InChI=1S/C12H21N3S/c1-10-7-11(15(3)14-10)8-13-9-12(2)5-4-6-16-12/h7,13H,4-6,8-9H2,1-3H3. The highest BCUT2D eigenvalue weighted by Gasteiger charge is 2.28. The van der Waals surface area contributed by atoms with Gasteiger partial charge in [0.2, 0.25) is 0 Å². The third-order valence-electron chi connectivity index (χ3n) is 3.20. The van der Waals surface area contributed by atoms with Crippen molar-refractivity contribution in [2.24, 2.45) is 7.05 Å². The smallest absolute Gasteiger partial charge is 0.0597 e. The highest BCUT2D eigenvalue weighted by molar-refractivity contribution is 8.00. The summed E-state index contributed by atoms with van der Waals surface area (Å²) in [6.07, 6.45) is 2.71. The first kappa shape index (κ1) is 12.0. The van der Waals surface area contributed by atoms with Gasteiger partial charge in [-0.2, -0.15) is 16.9 Å². The van der Waals surface area contributed by atoms with Crippen molar-refractivity contribution < 1.29 is 0 Å². The molecule has 1 aliphatic rings. The summed E-state index contributed by atoms with van der Waals surface area (Å²) < 4.78 is 2.42. The molecule has 1 saturated heterocycles. The molecule has 0 saturated carbocycles. The number of nitrogens with zero attached hydrogens (tertiary/aromatic N) is 2. The lowest BCUT2D eigenvalue weighted by Crippen LogP contribution is -2.32. The van der Waals surface area contributed by atoms with E-state index in [9.17, 15) is 0 Å². The van der Waals surface area contributed by atoms with Crippen molar-refractivity contribution in [3.63, 3.8) is 0 Å². The molecule has 0 aromatic carbocycles. The number of thioether (sulfide) groups is 1. The Morgan fingerprint density at radius 3 is 3.00 bits per heavy atom. The topological polar surface area (TPSA) is 29.9 Å². The van der Waals surface area contributed by atoms with Gasteiger partial charge in [0.25, 0.3) is 0 Å². The SMILES string of the molecule is Cc1cc(CNCC2(C)CCCS2)n(C)n1. The van der Waals surface area contributed by atoms with E-state index in [1.165, 1.54) is 24.3 Å². The largest absolute Gasteiger partial charge is 0.310 e. The summed E-state index contributed by atoms with van der Waals surface area (Å²) in [5.74, 6) is 1.32. The summed E-state index contributed by atoms with van der Waals surface area (Å²) in [5, 5.41) is 7.91. The first-order chi connectivity index (χ1) is 7.59. The van der Waals surface area contributed by atoms with Gasteiger partial charge < -0.3 is 5.32 Å². The van der Waals surface area contributed by atoms with Gasteiger partial charge in [-0.05, 0) is 38.5 Å². The molecule has 0 bridgehead atoms. The van der Waals surface area contributed by atoms with Gasteiger partial charge in [0.15, 0.2) is 0 Å². The number of hydrogen-bond acceptors (Lipinski definition) is 3. The van der Waals surface area contributed by atoms with Crippen molar-refractivity contribution in [1.82, 2.24) is 15.1 Å². The number of hydrogen-bond donors (Lipinski definition) is 1. The van der Waals surface area contributed by atoms with Gasteiger partial charge in [-0.25, -0.2) is 0 Å². The lowest BCUT2D eigenvalue weighted by atomic mass is 10.1. The average molecular weight is 239 g/mol. The third kappa shape index (κ3) is 2.80. The molecule has 1 aromatic heterocycles. The Kier molecular flexibility index (Phi) is 3.60. The number of nitrogens with one attached hydrogen (secondary N) is 1. The Morgan fingerprint density at radius 2 is 2.44 bits per heavy atom. The molecule has 2 rings (SSSR count). The fraction of sp³-hybridized carbons (Fsp3) is 0.750. The lowest BCUT2D eigenvalue weighted by Gasteiger charge is -2.22. The molecule has 0 radical (unpaired) electrons. The van der Waals surface area contributed by atoms with Crippen molar-refractivity contribution >= 4 is 11.8 Å². The minimum atomic E-state index is 0.452. The Bertz CT molecular complexity index is 353. The Morgan fingerprint density at radius 1 is 1.62 bits per heavy atom. The fourth-order valence-electron chi connectivity index (χ4n) is 2.26. The van der Waals surface area contributed by atoms with Crippen LogP contribution in [-0.4, -0.2) is 26.8 Å². The molecular formula is C12H21N3S. The molecule has 0 amide bonds. The first-order valence-corrected chi connectivity index (χ1v) is 6.92. The second-order valence-corrected chi connectivity index (χ2v) is 6.59. The van der Waals surface area contributed by atoms with Crippen LogP contribution in [0.15, 0.2) is 6.07 Å². The number of rotatable bonds is 4. The highest BCUT2D eigenvalue weighted by Crippen LogP contribution is 2.36. The van der Waals surface area contributed by atoms with Gasteiger partial charge in [-0.3, -0.25) is 4.68 Å². The van der Waals surface area contributed by atoms with E-state index in [0.29, 0.717) is 4.75 Å². The van der Waals surface area contributed by atoms with Crippen LogP contribution in [0.3, 0.4) is 0 Å². The molecule has 1 fully saturated rings. The number of aryl methyl sites for hydroxylation is 2. The quantitative estimate of drug-likeness (QED) is 0.872. The predicted octanol–water partition coefficient (Wildman–Crippen LogP) is 2.10. The van der Waals surface area contributed by atoms with Gasteiger partial charge in [-0.15, -0.1) is 0 Å². The molecule has 3 nitrogen and oxygen atoms in total. The van der Waals surface area contributed by atoms with Crippen molar-refractivity contribution in [1.29, 1.82) is 0 Å². The zero-order valence-electron chi connectivity index (χ0n) is 10.4. The van der Waals surface area contributed by atoms with E-state index in [0.717, 1.165) is 18.8 Å². The van der Waals surface area contributed by atoms with Crippen LogP contribution in [-0.2, 0) is 13.6 Å². The van der Waals surface area contributed by atoms with E-state index >= 15 is 0 Å². The Hall–Kier alpha value is -0.480. The molecule has 4 heteroatoms. The molecule has 0 aliphatic carbocycles. The molecule has 1 N–H and O–H groups in total. The summed E-state index contributed by atoms with van der Waals surface area (Å²) in [6, 6.07) is 2.15. The summed E-state index contributed by atoms with van der Waals surface area (Å²) in [5.41, 5.74) is 2.37. The van der Waals surface area contributed by atoms with Crippen LogP contribution in [0, 0.1) is 6.92 Å². The minimum absolute atomic E-state index is 0.452. The van der Waals surface area contributed by atoms with Gasteiger partial charge >= 0.3 is 0 Å². The Labute approximate surface area is 102 Å². The molecule has 1 aliphatic heterocycles. The molecule has 2 heterocycles. The van der Waals surface area contributed by atoms with E-state index in [1.54, 1.807) is 0 Å². The monoisotopic (exact) mass is 239 g/mol. The third-order valence-corrected chi connectivity index (χ3v) is 4.74. The van der Waals surface area contributed by atoms with Crippen molar-refractivity contribution in [3.8, 4) is 0 Å². The second kappa shape index (κ2) is 4.80. The average Bonchev–Trinajstić information content (AvgIpc) is 2.75. The van der Waals surface area contributed by atoms with E-state index in [-0.39, 0.29) is 0 Å². The zero-order valence-corrected chi connectivity index (χ0v) is 11.2. The van der Waals surface area contributed by atoms with Gasteiger partial charge in [0.1, 0.15) is 0 Å². The van der Waals surface area contributed by atoms with Gasteiger partial charge in [0.05, 0.1) is 11.4 Å². The Balaban J connectivity index is 1.81. The zero-order chi connectivity index (χ0) is 11.6. The minimum Gasteiger partial charge on any atom is -0.310 e. The van der Waals surface area contributed by atoms with E-state index in [1.807, 2.05) is 18.7 Å². The summed E-state index contributed by atoms with van der Waals surface area (Å²) in [6.45, 7) is 6.43. The second-order valence-electron chi connectivity index (χ2n) is 4.91. The molecule has 90 valence electrons. The van der Waals surface area contributed by atoms with Crippen molar-refractivity contribution in [3.05, 3.63) is 17.5 Å². The van der Waals surface area contributed by atoms with Crippen LogP contribution in [0.25, 0.3) is 0 Å². The van der Waals surface area contributed by atoms with Crippen LogP contribution in [0.2, 0.25) is 0 Å². The lowest BCUT2D eigenvalue weighted by molar-refractivity contribution is 0.525. The summed E-state index contributed by atoms with van der Waals surface area (Å²) >= 11 is 2.10. The van der Waals surface area contributed by atoms with Crippen molar-refractivity contribution in [2.75, 3.05) is 12.3 Å². The van der Waals surface area contributed by atoms with Crippen LogP contribution >= 0.6 is 11.8 Å². The van der Waals surface area contributed by atoms with E-state index in [2.05, 4.69) is 35.2 Å². The molecule has 1 atom stereocenters. The molecule has 16 heavy (non-hydrogen) atoms. The van der Waals surface area contributed by atoms with Crippen LogP contribution in [0.5, 0.6) is 0 Å². The van der Waals surface area contributed by atoms with Crippen LogP contribution < -0.4 is 5.32 Å². The molecule has 0 spiro atoms. The maximum atomic E-state index is 4.35. The maximum Gasteiger partial charge on any atom is 0.0597 e. The summed E-state index contributed by atoms with van der Waals surface area (Å²) in [7, 11) is 2.01. The van der Waals surface area contributed by atoms with E-state index < -0.39 is 0 Å². The fourth-order valence-corrected chi connectivity index (χ4v) is 3.54. The normalized spacial score (nSPS) is 25.2. The number of aromatic nitrogens is 2.